The zero-order valence-electron chi connectivity index (χ0n) is 6.65. The Hall–Kier alpha value is -1.24. The molecule has 3 nitrogen and oxygen atoms in total. The number of thiol groups is 1. The van der Waals surface area contributed by atoms with Crippen LogP contribution in [0.25, 0.3) is 5.65 Å². The summed E-state index contributed by atoms with van der Waals surface area (Å²) in [6.07, 6.45) is -2.05. The van der Waals surface area contributed by atoms with Crippen LogP contribution in [0.4, 0.5) is 13.2 Å². The Morgan fingerprint density at radius 1 is 1.36 bits per heavy atom. The summed E-state index contributed by atoms with van der Waals surface area (Å²) in [6.45, 7) is 0. The van der Waals surface area contributed by atoms with E-state index in [-0.39, 0.29) is 10.5 Å². The van der Waals surface area contributed by atoms with Gasteiger partial charge >= 0.3 is 6.18 Å². The maximum Gasteiger partial charge on any atom is 0.417 e. The molecule has 0 fully saturated rings. The second-order valence-corrected chi connectivity index (χ2v) is 3.11. The van der Waals surface area contributed by atoms with Crippen molar-refractivity contribution in [1.29, 1.82) is 0 Å². The molecule has 0 N–H and O–H groups in total. The number of fused-ring (bicyclic) bond motifs is 1. The summed E-state index contributed by atoms with van der Waals surface area (Å²) in [5.74, 6) is 0. The fourth-order valence-corrected chi connectivity index (χ4v) is 1.38. The molecule has 0 atom stereocenters. The minimum atomic E-state index is -4.41. The molecule has 2 aromatic rings. The van der Waals surface area contributed by atoms with Crippen LogP contribution >= 0.6 is 12.6 Å². The SMILES string of the molecule is FC(F)(F)c1cc2ncnn2cc1S. The van der Waals surface area contributed by atoms with Crippen molar-refractivity contribution < 1.29 is 13.2 Å². The minimum absolute atomic E-state index is 0.148. The van der Waals surface area contributed by atoms with Crippen molar-refractivity contribution in [3.8, 4) is 0 Å². The van der Waals surface area contributed by atoms with Crippen molar-refractivity contribution in [3.05, 3.63) is 24.2 Å². The first-order chi connectivity index (χ1) is 6.48. The average Bonchev–Trinajstić information content (AvgIpc) is 2.47. The Kier molecular flexibility index (Phi) is 1.91. The van der Waals surface area contributed by atoms with Crippen LogP contribution in [-0.2, 0) is 6.18 Å². The van der Waals surface area contributed by atoms with E-state index in [2.05, 4.69) is 22.7 Å². The molecule has 0 aliphatic rings. The maximum absolute atomic E-state index is 12.4. The molecule has 0 saturated carbocycles. The topological polar surface area (TPSA) is 30.2 Å². The second-order valence-electron chi connectivity index (χ2n) is 2.63. The van der Waals surface area contributed by atoms with Crippen molar-refractivity contribution in [2.24, 2.45) is 0 Å². The molecule has 0 aliphatic carbocycles. The Labute approximate surface area is 82.0 Å². The van der Waals surface area contributed by atoms with Crippen LogP contribution in [0.15, 0.2) is 23.5 Å². The van der Waals surface area contributed by atoms with Gasteiger partial charge in [-0.15, -0.1) is 12.6 Å². The Balaban J connectivity index is 2.71. The van der Waals surface area contributed by atoms with E-state index in [0.717, 1.165) is 6.07 Å². The smallest absolute Gasteiger partial charge is 0.220 e. The molecule has 2 rings (SSSR count). The molecule has 2 heterocycles. The van der Waals surface area contributed by atoms with E-state index >= 15 is 0 Å². The van der Waals surface area contributed by atoms with Crippen molar-refractivity contribution >= 4 is 18.3 Å². The largest absolute Gasteiger partial charge is 0.417 e. The van der Waals surface area contributed by atoms with Crippen LogP contribution in [0.1, 0.15) is 5.56 Å². The summed E-state index contributed by atoms with van der Waals surface area (Å²) in [5, 5.41) is 3.69. The lowest BCUT2D eigenvalue weighted by molar-refractivity contribution is -0.139. The third-order valence-corrected chi connectivity index (χ3v) is 2.06. The first kappa shape index (κ1) is 9.32. The van der Waals surface area contributed by atoms with E-state index in [0.29, 0.717) is 0 Å². The van der Waals surface area contributed by atoms with Crippen LogP contribution in [0.3, 0.4) is 0 Å². The van der Waals surface area contributed by atoms with E-state index in [1.54, 1.807) is 0 Å². The predicted molar refractivity (Wildman–Crippen MR) is 45.2 cm³/mol. The Morgan fingerprint density at radius 2 is 2.07 bits per heavy atom. The third-order valence-electron chi connectivity index (χ3n) is 1.70. The zero-order chi connectivity index (χ0) is 10.3. The monoisotopic (exact) mass is 219 g/mol. The fraction of sp³-hybridized carbons (Fsp3) is 0.143. The molecule has 0 aromatic carbocycles. The standard InChI is InChI=1S/C7H4F3N3S/c8-7(9,10)4-1-6-11-3-12-13(6)2-5(4)14/h1-3,14H. The molecule has 74 valence electrons. The van der Waals surface area contributed by atoms with Gasteiger partial charge in [-0.1, -0.05) is 0 Å². The summed E-state index contributed by atoms with van der Waals surface area (Å²) in [6, 6.07) is 0.912. The van der Waals surface area contributed by atoms with Gasteiger partial charge in [-0.2, -0.15) is 18.3 Å². The van der Waals surface area contributed by atoms with E-state index in [9.17, 15) is 13.2 Å². The van der Waals surface area contributed by atoms with E-state index in [1.807, 2.05) is 0 Å². The maximum atomic E-state index is 12.4. The highest BCUT2D eigenvalue weighted by molar-refractivity contribution is 7.80. The molecule has 0 radical (unpaired) electrons. The van der Waals surface area contributed by atoms with Crippen LogP contribution in [-0.4, -0.2) is 14.6 Å². The van der Waals surface area contributed by atoms with Crippen LogP contribution < -0.4 is 0 Å². The number of hydrogen-bond acceptors (Lipinski definition) is 3. The highest BCUT2D eigenvalue weighted by Crippen LogP contribution is 2.33. The van der Waals surface area contributed by atoms with E-state index in [4.69, 9.17) is 0 Å². The second kappa shape index (κ2) is 2.88. The normalized spacial score (nSPS) is 12.3. The third kappa shape index (κ3) is 1.43. The highest BCUT2D eigenvalue weighted by Gasteiger charge is 2.33. The van der Waals surface area contributed by atoms with Gasteiger partial charge in [0.1, 0.15) is 6.33 Å². The molecule has 0 amide bonds. The molecule has 7 heteroatoms. The van der Waals surface area contributed by atoms with Gasteiger partial charge in [-0.05, 0) is 6.07 Å². The van der Waals surface area contributed by atoms with Gasteiger partial charge in [0.25, 0.3) is 0 Å². The van der Waals surface area contributed by atoms with Crippen molar-refractivity contribution in [2.45, 2.75) is 11.1 Å². The van der Waals surface area contributed by atoms with Crippen LogP contribution in [0.2, 0.25) is 0 Å². The van der Waals surface area contributed by atoms with Gasteiger partial charge in [0.05, 0.1) is 5.56 Å². The van der Waals surface area contributed by atoms with Gasteiger partial charge in [0.2, 0.25) is 0 Å². The van der Waals surface area contributed by atoms with Crippen molar-refractivity contribution in [1.82, 2.24) is 14.6 Å². The molecular formula is C7H4F3N3S. The fourth-order valence-electron chi connectivity index (χ4n) is 1.08. The Bertz CT molecular complexity index is 476. The zero-order valence-corrected chi connectivity index (χ0v) is 7.55. The van der Waals surface area contributed by atoms with E-state index < -0.39 is 11.7 Å². The molecule has 14 heavy (non-hydrogen) atoms. The molecule has 2 aromatic heterocycles. The number of aromatic nitrogens is 3. The summed E-state index contributed by atoms with van der Waals surface area (Å²) in [5.41, 5.74) is -0.656. The molecule has 0 aliphatic heterocycles. The highest BCUT2D eigenvalue weighted by atomic mass is 32.1. The quantitative estimate of drug-likeness (QED) is 0.687. The lowest BCUT2D eigenvalue weighted by atomic mass is 10.2. The summed E-state index contributed by atoms with van der Waals surface area (Å²) in [4.78, 5) is 3.48. The molecule has 0 spiro atoms. The number of nitrogens with zero attached hydrogens (tertiary/aromatic N) is 3. The van der Waals surface area contributed by atoms with Gasteiger partial charge in [-0.3, -0.25) is 0 Å². The number of rotatable bonds is 0. The van der Waals surface area contributed by atoms with Crippen LogP contribution in [0, 0.1) is 0 Å². The lowest BCUT2D eigenvalue weighted by Crippen LogP contribution is -2.07. The number of alkyl halides is 3. The van der Waals surface area contributed by atoms with Gasteiger partial charge in [0.15, 0.2) is 5.65 Å². The first-order valence-corrected chi connectivity index (χ1v) is 4.03. The summed E-state index contributed by atoms with van der Waals surface area (Å²) >= 11 is 3.73. The molecule has 0 unspecified atom stereocenters. The summed E-state index contributed by atoms with van der Waals surface area (Å²) in [7, 11) is 0. The number of hydrogen-bond donors (Lipinski definition) is 1. The van der Waals surface area contributed by atoms with Gasteiger partial charge in [-0.25, -0.2) is 9.50 Å². The number of pyridine rings is 1. The first-order valence-electron chi connectivity index (χ1n) is 3.58. The number of halogens is 3. The van der Waals surface area contributed by atoms with Gasteiger partial charge < -0.3 is 0 Å². The summed E-state index contributed by atoms with van der Waals surface area (Å²) < 4.78 is 38.4. The lowest BCUT2D eigenvalue weighted by Gasteiger charge is -2.08. The van der Waals surface area contributed by atoms with Gasteiger partial charge in [0, 0.05) is 11.1 Å². The Morgan fingerprint density at radius 3 is 2.71 bits per heavy atom. The van der Waals surface area contributed by atoms with Crippen molar-refractivity contribution in [3.63, 3.8) is 0 Å². The average molecular weight is 219 g/mol. The molecule has 0 bridgehead atoms. The molecule has 0 saturated heterocycles. The molecular weight excluding hydrogens is 215 g/mol. The van der Waals surface area contributed by atoms with Crippen LogP contribution in [0.5, 0.6) is 0 Å². The van der Waals surface area contributed by atoms with E-state index in [1.165, 1.54) is 17.0 Å². The minimum Gasteiger partial charge on any atom is -0.220 e. The van der Waals surface area contributed by atoms with Crippen molar-refractivity contribution in [2.75, 3.05) is 0 Å². The predicted octanol–water partition coefficient (Wildman–Crippen LogP) is 2.04.